The molecule has 0 saturated carbocycles. The minimum atomic E-state index is -0.934. The number of carbonyl (C=O) groups is 3. The van der Waals surface area contributed by atoms with E-state index in [4.69, 9.17) is 25.8 Å². The molecule has 2 aliphatic rings. The number of methoxy groups -OCH3 is 1. The lowest BCUT2D eigenvalue weighted by molar-refractivity contribution is -0.151. The van der Waals surface area contributed by atoms with Crippen molar-refractivity contribution >= 4 is 29.3 Å². The van der Waals surface area contributed by atoms with Crippen molar-refractivity contribution in [3.05, 3.63) is 57.4 Å². The molecule has 1 N–H and O–H groups in total. The number of hydrogen-bond acceptors (Lipinski definition) is 7. The Labute approximate surface area is 192 Å². The molecule has 0 unspecified atom stereocenters. The van der Waals surface area contributed by atoms with Crippen molar-refractivity contribution in [1.29, 1.82) is 0 Å². The number of halogens is 1. The van der Waals surface area contributed by atoms with Crippen molar-refractivity contribution in [3.8, 4) is 0 Å². The highest BCUT2D eigenvalue weighted by molar-refractivity contribution is 6.30. The van der Waals surface area contributed by atoms with E-state index in [-0.39, 0.29) is 24.9 Å². The molecule has 0 bridgehead atoms. The van der Waals surface area contributed by atoms with Gasteiger partial charge in [-0.05, 0) is 43.9 Å². The number of ether oxygens (including phenoxy) is 3. The Morgan fingerprint density at radius 3 is 2.66 bits per heavy atom. The maximum Gasteiger partial charge on any atom is 0.336 e. The normalized spacial score (nSPS) is 22.9. The first-order valence-corrected chi connectivity index (χ1v) is 11.0. The smallest absolute Gasteiger partial charge is 0.336 e. The summed E-state index contributed by atoms with van der Waals surface area (Å²) < 4.78 is 15.6. The van der Waals surface area contributed by atoms with Crippen molar-refractivity contribution in [1.82, 2.24) is 5.32 Å². The molecule has 7 nitrogen and oxygen atoms in total. The lowest BCUT2D eigenvalue weighted by atomic mass is 9.69. The van der Waals surface area contributed by atoms with Crippen molar-refractivity contribution in [2.75, 3.05) is 26.9 Å². The SMILES string of the molecule is CCOCCOC(=O)C1=C(C)NC2=C(C(=O)[C@H](C(=O)OC)[C@H](C)C2)[C@@H]1c1cccc(Cl)c1. The van der Waals surface area contributed by atoms with E-state index in [0.29, 0.717) is 46.2 Å². The van der Waals surface area contributed by atoms with Gasteiger partial charge in [0.25, 0.3) is 0 Å². The number of benzene rings is 1. The van der Waals surface area contributed by atoms with Crippen molar-refractivity contribution in [2.45, 2.75) is 33.1 Å². The average Bonchev–Trinajstić information content (AvgIpc) is 2.75. The van der Waals surface area contributed by atoms with Crippen LogP contribution in [0.2, 0.25) is 5.02 Å². The van der Waals surface area contributed by atoms with Crippen LogP contribution in [0.25, 0.3) is 0 Å². The van der Waals surface area contributed by atoms with Crippen LogP contribution >= 0.6 is 11.6 Å². The van der Waals surface area contributed by atoms with Crippen LogP contribution in [0, 0.1) is 11.8 Å². The van der Waals surface area contributed by atoms with Gasteiger partial charge in [0, 0.05) is 34.5 Å². The predicted molar refractivity (Wildman–Crippen MR) is 119 cm³/mol. The summed E-state index contributed by atoms with van der Waals surface area (Å²) in [5.41, 5.74) is 2.67. The molecule has 1 aromatic rings. The van der Waals surface area contributed by atoms with Crippen LogP contribution in [0.15, 0.2) is 46.8 Å². The molecule has 3 rings (SSSR count). The molecule has 0 radical (unpaired) electrons. The van der Waals surface area contributed by atoms with Gasteiger partial charge < -0.3 is 19.5 Å². The molecule has 8 heteroatoms. The van der Waals surface area contributed by atoms with E-state index in [1.165, 1.54) is 7.11 Å². The van der Waals surface area contributed by atoms with Crippen molar-refractivity contribution in [2.24, 2.45) is 11.8 Å². The molecule has 3 atom stereocenters. The van der Waals surface area contributed by atoms with E-state index in [9.17, 15) is 14.4 Å². The Hall–Kier alpha value is -2.64. The molecule has 0 fully saturated rings. The van der Waals surface area contributed by atoms with E-state index >= 15 is 0 Å². The quantitative estimate of drug-likeness (QED) is 0.377. The van der Waals surface area contributed by atoms with Gasteiger partial charge in [0.1, 0.15) is 12.5 Å². The van der Waals surface area contributed by atoms with Gasteiger partial charge in [-0.15, -0.1) is 0 Å². The van der Waals surface area contributed by atoms with Gasteiger partial charge in [-0.3, -0.25) is 9.59 Å². The van der Waals surface area contributed by atoms with Gasteiger partial charge in [0.2, 0.25) is 0 Å². The van der Waals surface area contributed by atoms with Crippen LogP contribution in [-0.2, 0) is 28.6 Å². The van der Waals surface area contributed by atoms with E-state index in [1.807, 2.05) is 19.9 Å². The van der Waals surface area contributed by atoms with Gasteiger partial charge in [0.15, 0.2) is 5.78 Å². The summed E-state index contributed by atoms with van der Waals surface area (Å²) in [5, 5.41) is 3.70. The molecule has 0 amide bonds. The van der Waals surface area contributed by atoms with Crippen LogP contribution in [0.4, 0.5) is 0 Å². The lowest BCUT2D eigenvalue weighted by Gasteiger charge is -2.38. The zero-order chi connectivity index (χ0) is 23.4. The van der Waals surface area contributed by atoms with E-state index in [1.54, 1.807) is 25.1 Å². The third-order valence-corrected chi connectivity index (χ3v) is 6.05. The first-order valence-electron chi connectivity index (χ1n) is 10.6. The van der Waals surface area contributed by atoms with Gasteiger partial charge in [-0.2, -0.15) is 0 Å². The predicted octanol–water partition coefficient (Wildman–Crippen LogP) is 3.53. The second kappa shape index (κ2) is 10.3. The van der Waals surface area contributed by atoms with E-state index in [0.717, 1.165) is 0 Å². The number of carbonyl (C=O) groups excluding carboxylic acids is 3. The summed E-state index contributed by atoms with van der Waals surface area (Å²) in [6.45, 7) is 6.36. The Kier molecular flexibility index (Phi) is 7.74. The molecule has 1 heterocycles. The maximum absolute atomic E-state index is 13.6. The fourth-order valence-corrected chi connectivity index (χ4v) is 4.58. The molecule has 1 aliphatic carbocycles. The van der Waals surface area contributed by atoms with Crippen LogP contribution in [0.3, 0.4) is 0 Å². The summed E-state index contributed by atoms with van der Waals surface area (Å²) in [6.07, 6.45) is 0.474. The van der Waals surface area contributed by atoms with Gasteiger partial charge >= 0.3 is 11.9 Å². The highest BCUT2D eigenvalue weighted by atomic mass is 35.5. The largest absolute Gasteiger partial charge is 0.468 e. The monoisotopic (exact) mass is 461 g/mol. The Morgan fingerprint density at radius 2 is 2.00 bits per heavy atom. The molecular weight excluding hydrogens is 434 g/mol. The summed E-state index contributed by atoms with van der Waals surface area (Å²) in [6, 6.07) is 7.02. The van der Waals surface area contributed by atoms with Crippen LogP contribution in [0.5, 0.6) is 0 Å². The first kappa shape index (κ1) is 24.0. The maximum atomic E-state index is 13.6. The Balaban J connectivity index is 2.07. The molecule has 0 saturated heterocycles. The molecule has 0 aromatic heterocycles. The number of allylic oxidation sites excluding steroid dienone is 3. The molecule has 1 aromatic carbocycles. The van der Waals surface area contributed by atoms with Crippen molar-refractivity contribution in [3.63, 3.8) is 0 Å². The van der Waals surface area contributed by atoms with Crippen LogP contribution in [-0.4, -0.2) is 44.7 Å². The topological polar surface area (TPSA) is 90.9 Å². The second-order valence-electron chi connectivity index (χ2n) is 7.92. The molecular formula is C24H28ClNO6. The van der Waals surface area contributed by atoms with Crippen molar-refractivity contribution < 1.29 is 28.6 Å². The van der Waals surface area contributed by atoms with Gasteiger partial charge in [-0.25, -0.2) is 4.79 Å². The number of nitrogens with one attached hydrogen (secondary N) is 1. The minimum Gasteiger partial charge on any atom is -0.468 e. The Morgan fingerprint density at radius 1 is 1.25 bits per heavy atom. The summed E-state index contributed by atoms with van der Waals surface area (Å²) in [7, 11) is 1.27. The number of hydrogen-bond donors (Lipinski definition) is 1. The fourth-order valence-electron chi connectivity index (χ4n) is 4.39. The number of rotatable bonds is 7. The Bertz CT molecular complexity index is 982. The third kappa shape index (κ3) is 4.74. The zero-order valence-electron chi connectivity index (χ0n) is 18.7. The fraction of sp³-hybridized carbons (Fsp3) is 0.458. The molecule has 32 heavy (non-hydrogen) atoms. The van der Waals surface area contributed by atoms with Gasteiger partial charge in [-0.1, -0.05) is 30.7 Å². The third-order valence-electron chi connectivity index (χ3n) is 5.81. The van der Waals surface area contributed by atoms with E-state index in [2.05, 4.69) is 5.32 Å². The molecule has 1 aliphatic heterocycles. The standard InChI is InChI=1S/C24H28ClNO6/c1-5-31-9-10-32-24(29)19-14(3)26-17-11-13(2)18(23(28)30-4)22(27)21(17)20(19)15-7-6-8-16(25)12-15/h6-8,12-13,18,20,26H,5,9-11H2,1-4H3/t13-,18-,20-/m1/s1. The summed E-state index contributed by atoms with van der Waals surface area (Å²) >= 11 is 6.24. The highest BCUT2D eigenvalue weighted by Gasteiger charge is 2.47. The average molecular weight is 462 g/mol. The number of esters is 2. The first-order chi connectivity index (χ1) is 15.3. The summed E-state index contributed by atoms with van der Waals surface area (Å²) in [5.74, 6) is -3.37. The molecule has 0 spiro atoms. The number of ketones is 1. The zero-order valence-corrected chi connectivity index (χ0v) is 19.5. The second-order valence-corrected chi connectivity index (χ2v) is 8.36. The minimum absolute atomic E-state index is 0.0907. The number of Topliss-reactive ketones (excluding diaryl/α,β-unsaturated/α-hetero) is 1. The van der Waals surface area contributed by atoms with E-state index < -0.39 is 23.8 Å². The number of dihydropyridines is 1. The van der Waals surface area contributed by atoms with Crippen LogP contribution in [0.1, 0.15) is 38.7 Å². The lowest BCUT2D eigenvalue weighted by Crippen LogP contribution is -2.43. The van der Waals surface area contributed by atoms with Crippen LogP contribution < -0.4 is 5.32 Å². The molecule has 172 valence electrons. The van der Waals surface area contributed by atoms with Gasteiger partial charge in [0.05, 0.1) is 19.3 Å². The summed E-state index contributed by atoms with van der Waals surface area (Å²) in [4.78, 5) is 39.1. The highest BCUT2D eigenvalue weighted by Crippen LogP contribution is 2.45.